The number of rotatable bonds is 8. The van der Waals surface area contributed by atoms with Crippen molar-refractivity contribution in [2.45, 2.75) is 25.0 Å². The number of anilines is 1. The van der Waals surface area contributed by atoms with Gasteiger partial charge in [0.15, 0.2) is 12.1 Å². The van der Waals surface area contributed by atoms with Crippen molar-refractivity contribution in [3.63, 3.8) is 0 Å². The van der Waals surface area contributed by atoms with Crippen molar-refractivity contribution >= 4 is 17.4 Å². The number of ether oxygens (including phenoxy) is 1. The van der Waals surface area contributed by atoms with Gasteiger partial charge >= 0.3 is 5.97 Å². The first kappa shape index (κ1) is 24.0. The Bertz CT molecular complexity index is 1230. The number of phenolic OH excluding ortho intramolecular Hbond substituents is 1. The highest BCUT2D eigenvalue weighted by atomic mass is 19.1. The predicted molar refractivity (Wildman–Crippen MR) is 134 cm³/mol. The van der Waals surface area contributed by atoms with Gasteiger partial charge in [-0.1, -0.05) is 48.5 Å². The average molecular weight is 490 g/mol. The number of fused-ring (bicyclic) bond motifs is 3. The Morgan fingerprint density at radius 3 is 2.36 bits per heavy atom. The molecular weight excluding hydrogens is 459 g/mol. The quantitative estimate of drug-likeness (QED) is 0.272. The summed E-state index contributed by atoms with van der Waals surface area (Å²) < 4.78 is 20.3. The summed E-state index contributed by atoms with van der Waals surface area (Å²) in [6, 6.07) is 21.8. The van der Waals surface area contributed by atoms with Crippen LogP contribution in [0.25, 0.3) is 0 Å². The van der Waals surface area contributed by atoms with Crippen LogP contribution in [0.2, 0.25) is 0 Å². The van der Waals surface area contributed by atoms with E-state index < -0.39 is 11.9 Å². The second-order valence-corrected chi connectivity index (χ2v) is 9.88. The van der Waals surface area contributed by atoms with E-state index in [-0.39, 0.29) is 41.6 Å². The van der Waals surface area contributed by atoms with Gasteiger partial charge in [-0.25, -0.2) is 9.18 Å². The molecule has 0 aromatic heterocycles. The molecule has 186 valence electrons. The first-order valence-electron chi connectivity index (χ1n) is 12.4. The van der Waals surface area contributed by atoms with Crippen molar-refractivity contribution in [2.24, 2.45) is 5.92 Å². The first-order chi connectivity index (χ1) is 17.4. The van der Waals surface area contributed by atoms with Crippen LogP contribution in [0.15, 0.2) is 78.9 Å². The third kappa shape index (κ3) is 5.11. The number of aromatic hydroxyl groups is 1. The number of carbonyl (C=O) groups excluding carboxylic acids is 2. The Kier molecular flexibility index (Phi) is 6.74. The molecule has 2 N–H and O–H groups in total. The molecule has 0 unspecified atom stereocenters. The van der Waals surface area contributed by atoms with Gasteiger partial charge in [0.2, 0.25) is 5.78 Å². The number of para-hydroxylation sites is 1. The van der Waals surface area contributed by atoms with Gasteiger partial charge < -0.3 is 19.6 Å². The van der Waals surface area contributed by atoms with E-state index in [1.807, 2.05) is 60.7 Å². The van der Waals surface area contributed by atoms with E-state index in [1.54, 1.807) is 0 Å². The molecule has 0 saturated carbocycles. The van der Waals surface area contributed by atoms with E-state index in [0.29, 0.717) is 11.0 Å². The molecule has 3 aromatic rings. The zero-order valence-corrected chi connectivity index (χ0v) is 20.0. The highest BCUT2D eigenvalue weighted by Crippen LogP contribution is 2.37. The van der Waals surface area contributed by atoms with Crippen LogP contribution < -0.4 is 5.32 Å². The molecule has 3 heterocycles. The van der Waals surface area contributed by atoms with Gasteiger partial charge in [-0.05, 0) is 35.9 Å². The van der Waals surface area contributed by atoms with E-state index in [0.717, 1.165) is 49.3 Å². The second-order valence-electron chi connectivity index (χ2n) is 9.88. The third-order valence-electron chi connectivity index (χ3n) is 7.50. The zero-order chi connectivity index (χ0) is 25.1. The highest BCUT2D eigenvalue weighted by molar-refractivity contribution is 5.99. The minimum absolute atomic E-state index is 0.0000515. The Labute approximate surface area is 209 Å². The van der Waals surface area contributed by atoms with E-state index in [9.17, 15) is 19.1 Å². The van der Waals surface area contributed by atoms with Crippen molar-refractivity contribution < 1.29 is 28.3 Å². The van der Waals surface area contributed by atoms with Crippen molar-refractivity contribution in [3.8, 4) is 5.75 Å². The molecule has 0 radical (unpaired) electrons. The molecule has 0 aliphatic carbocycles. The van der Waals surface area contributed by atoms with Crippen LogP contribution >= 0.6 is 0 Å². The number of piperidine rings is 3. The number of halogens is 1. The van der Waals surface area contributed by atoms with E-state index in [4.69, 9.17) is 4.74 Å². The van der Waals surface area contributed by atoms with Gasteiger partial charge in [-0.2, -0.15) is 0 Å². The number of hydrogen-bond acceptors (Lipinski definition) is 5. The van der Waals surface area contributed by atoms with Crippen molar-refractivity contribution in [3.05, 3.63) is 95.8 Å². The molecule has 3 aromatic carbocycles. The SMILES string of the molecule is O=C(C[N+]12CCC(CC1)[C@@H](OC(=O)[C@H](Nc1ccccc1)c1ccccc1)C2)c1cc(F)ccc1O. The molecule has 7 heteroatoms. The summed E-state index contributed by atoms with van der Waals surface area (Å²) in [7, 11) is 0. The standard InChI is InChI=1S/C29H29FN2O4/c30-22-11-12-25(33)24(17-22)26(34)18-32-15-13-20(14-16-32)27(19-32)36-29(35)28(21-7-3-1-4-8-21)31-23-9-5-2-6-10-23/h1-12,17,20,27-28,31H,13-16,18-19H2/p+1/t20?,27-,28+,32?/m0/s1. The van der Waals surface area contributed by atoms with E-state index in [1.165, 1.54) is 6.07 Å². The fourth-order valence-corrected chi connectivity index (χ4v) is 5.54. The molecule has 36 heavy (non-hydrogen) atoms. The second kappa shape index (κ2) is 10.1. The summed E-state index contributed by atoms with van der Waals surface area (Å²) >= 11 is 0. The van der Waals surface area contributed by atoms with Gasteiger partial charge in [0, 0.05) is 24.4 Å². The number of hydrogen-bond donors (Lipinski definition) is 2. The Morgan fingerprint density at radius 1 is 1.00 bits per heavy atom. The van der Waals surface area contributed by atoms with Gasteiger partial charge in [0.1, 0.15) is 24.7 Å². The number of nitrogens with zero attached hydrogens (tertiary/aromatic N) is 1. The Balaban J connectivity index is 1.32. The summed E-state index contributed by atoms with van der Waals surface area (Å²) in [6.45, 7) is 2.27. The summed E-state index contributed by atoms with van der Waals surface area (Å²) in [5.41, 5.74) is 1.63. The molecule has 6 nitrogen and oxygen atoms in total. The lowest BCUT2D eigenvalue weighted by Gasteiger charge is -2.51. The maximum Gasteiger partial charge on any atom is 0.333 e. The Morgan fingerprint density at radius 2 is 1.67 bits per heavy atom. The molecule has 3 fully saturated rings. The molecule has 6 rings (SSSR count). The number of ketones is 1. The average Bonchev–Trinajstić information content (AvgIpc) is 2.90. The third-order valence-corrected chi connectivity index (χ3v) is 7.50. The molecule has 3 saturated heterocycles. The maximum atomic E-state index is 13.7. The smallest absolute Gasteiger partial charge is 0.333 e. The summed E-state index contributed by atoms with van der Waals surface area (Å²) in [5.74, 6) is -1.17. The van der Waals surface area contributed by atoms with Crippen LogP contribution in [0.5, 0.6) is 5.75 Å². The summed E-state index contributed by atoms with van der Waals surface area (Å²) in [5, 5.41) is 13.4. The number of nitrogens with one attached hydrogen (secondary N) is 1. The molecule has 0 amide bonds. The van der Waals surface area contributed by atoms with Crippen LogP contribution in [-0.2, 0) is 9.53 Å². The fraction of sp³-hybridized carbons (Fsp3) is 0.310. The number of Topliss-reactive ketones (excluding diaryl/α,β-unsaturated/α-hetero) is 1. The Hall–Kier alpha value is -3.71. The van der Waals surface area contributed by atoms with Crippen molar-refractivity contribution in [1.29, 1.82) is 0 Å². The first-order valence-corrected chi connectivity index (χ1v) is 12.4. The molecule has 2 atom stereocenters. The van der Waals surface area contributed by atoms with Crippen LogP contribution in [0.3, 0.4) is 0 Å². The van der Waals surface area contributed by atoms with Crippen LogP contribution in [0.4, 0.5) is 10.1 Å². The maximum absolute atomic E-state index is 13.7. The summed E-state index contributed by atoms with van der Waals surface area (Å²) in [6.07, 6.45) is 1.39. The molecule has 3 aliphatic heterocycles. The van der Waals surface area contributed by atoms with Crippen LogP contribution in [0.1, 0.15) is 34.8 Å². The number of carbonyl (C=O) groups is 2. The lowest BCUT2D eigenvalue weighted by molar-refractivity contribution is -0.938. The van der Waals surface area contributed by atoms with E-state index >= 15 is 0 Å². The monoisotopic (exact) mass is 489 g/mol. The van der Waals surface area contributed by atoms with Gasteiger partial charge in [0.25, 0.3) is 0 Å². The van der Waals surface area contributed by atoms with Crippen molar-refractivity contribution in [2.75, 3.05) is 31.5 Å². The lowest BCUT2D eigenvalue weighted by Crippen LogP contribution is -2.65. The number of esters is 1. The lowest BCUT2D eigenvalue weighted by atomic mass is 9.82. The van der Waals surface area contributed by atoms with Crippen LogP contribution in [-0.4, -0.2) is 53.6 Å². The minimum atomic E-state index is -0.664. The highest BCUT2D eigenvalue weighted by Gasteiger charge is 2.49. The van der Waals surface area contributed by atoms with Gasteiger partial charge in [0.05, 0.1) is 18.7 Å². The largest absolute Gasteiger partial charge is 0.507 e. The van der Waals surface area contributed by atoms with Gasteiger partial charge in [-0.15, -0.1) is 0 Å². The normalized spacial score (nSPS) is 23.6. The summed E-state index contributed by atoms with van der Waals surface area (Å²) in [4.78, 5) is 26.5. The van der Waals surface area contributed by atoms with Gasteiger partial charge in [-0.3, -0.25) is 4.79 Å². The number of phenols is 1. The molecular formula is C29H30FN2O4+. The number of benzene rings is 3. The topological polar surface area (TPSA) is 75.6 Å². The fourth-order valence-electron chi connectivity index (χ4n) is 5.54. The number of quaternary nitrogens is 1. The molecule has 2 bridgehead atoms. The van der Waals surface area contributed by atoms with Crippen molar-refractivity contribution in [1.82, 2.24) is 0 Å². The minimum Gasteiger partial charge on any atom is -0.507 e. The predicted octanol–water partition coefficient (Wildman–Crippen LogP) is 4.72. The van der Waals surface area contributed by atoms with Crippen LogP contribution in [0, 0.1) is 11.7 Å². The molecule has 0 spiro atoms. The van der Waals surface area contributed by atoms with E-state index in [2.05, 4.69) is 5.32 Å². The zero-order valence-electron chi connectivity index (χ0n) is 20.0. The molecule has 3 aliphatic rings.